The van der Waals surface area contributed by atoms with Crippen LogP contribution in [0.5, 0.6) is 0 Å². The van der Waals surface area contributed by atoms with Crippen molar-refractivity contribution in [2.75, 3.05) is 13.1 Å². The Kier molecular flexibility index (Phi) is 10.2. The third kappa shape index (κ3) is 7.58. The number of nitrogens with one attached hydrogen (secondary N) is 3. The number of amides is 3. The number of aromatic nitrogens is 1. The van der Waals surface area contributed by atoms with Gasteiger partial charge in [-0.3, -0.25) is 19.2 Å². The Hall–Kier alpha value is -5.00. The number of nitrogens with two attached hydrogens (primary N) is 1. The van der Waals surface area contributed by atoms with E-state index in [0.717, 1.165) is 37.7 Å². The molecule has 3 heterocycles. The first kappa shape index (κ1) is 32.9. The van der Waals surface area contributed by atoms with Crippen molar-refractivity contribution in [2.24, 2.45) is 11.7 Å². The number of carboxylic acid groups (broad SMARTS) is 1. The summed E-state index contributed by atoms with van der Waals surface area (Å²) in [6.45, 7) is 0.576. The lowest BCUT2D eigenvalue weighted by molar-refractivity contribution is -0.146. The van der Waals surface area contributed by atoms with Gasteiger partial charge in [0.2, 0.25) is 17.7 Å². The molecule has 0 unspecified atom stereocenters. The topological polar surface area (TPSA) is 158 Å². The number of aliphatic carboxylic acids is 1. The Labute approximate surface area is 282 Å². The fourth-order valence-electron chi connectivity index (χ4n) is 6.42. The van der Waals surface area contributed by atoms with Gasteiger partial charge in [0, 0.05) is 47.7 Å². The van der Waals surface area contributed by atoms with Crippen molar-refractivity contribution in [3.8, 4) is 0 Å². The van der Waals surface area contributed by atoms with Gasteiger partial charge >= 0.3 is 5.97 Å². The number of aromatic amines is 1. The second kappa shape index (κ2) is 14.8. The van der Waals surface area contributed by atoms with E-state index < -0.39 is 41.8 Å². The predicted molar refractivity (Wildman–Crippen MR) is 186 cm³/mol. The van der Waals surface area contributed by atoms with Gasteiger partial charge in [0.25, 0.3) is 0 Å². The highest BCUT2D eigenvalue weighted by Crippen LogP contribution is 2.28. The fourth-order valence-corrected chi connectivity index (χ4v) is 7.40. The molecule has 1 fully saturated rings. The highest BCUT2D eigenvalue weighted by atomic mass is 32.1. The van der Waals surface area contributed by atoms with Crippen molar-refractivity contribution in [3.05, 3.63) is 107 Å². The van der Waals surface area contributed by atoms with Crippen LogP contribution in [0.15, 0.2) is 90.4 Å². The minimum atomic E-state index is -1.02. The number of rotatable bonds is 12. The van der Waals surface area contributed by atoms with Gasteiger partial charge in [0.05, 0.1) is 12.0 Å². The van der Waals surface area contributed by atoms with Crippen molar-refractivity contribution >= 4 is 56.0 Å². The zero-order valence-corrected chi connectivity index (χ0v) is 27.2. The van der Waals surface area contributed by atoms with E-state index in [9.17, 15) is 24.3 Å². The molecular formula is C37H39N5O5S. The van der Waals surface area contributed by atoms with Gasteiger partial charge < -0.3 is 31.4 Å². The molecule has 10 nitrogen and oxygen atoms in total. The second-order valence-corrected chi connectivity index (χ2v) is 13.3. The molecule has 1 aliphatic heterocycles. The van der Waals surface area contributed by atoms with Crippen LogP contribution in [0, 0.1) is 5.92 Å². The molecule has 1 saturated heterocycles. The number of carbonyl (C=O) groups is 4. The summed E-state index contributed by atoms with van der Waals surface area (Å²) in [5.41, 5.74) is 9.90. The van der Waals surface area contributed by atoms with Crippen molar-refractivity contribution in [1.29, 1.82) is 0 Å². The molecule has 2 aromatic heterocycles. The van der Waals surface area contributed by atoms with Crippen molar-refractivity contribution in [1.82, 2.24) is 20.5 Å². The largest absolute Gasteiger partial charge is 0.481 e. The molecule has 0 aliphatic carbocycles. The highest BCUT2D eigenvalue weighted by molar-refractivity contribution is 7.17. The minimum absolute atomic E-state index is 0.173. The van der Waals surface area contributed by atoms with Crippen LogP contribution in [0.1, 0.15) is 29.5 Å². The van der Waals surface area contributed by atoms with Gasteiger partial charge in [0.1, 0.15) is 12.1 Å². The molecule has 6 N–H and O–H groups in total. The number of para-hydroxylation sites is 1. The number of hydrogen-bond acceptors (Lipinski definition) is 6. The third-order valence-corrected chi connectivity index (χ3v) is 10.1. The number of carbonyl (C=O) groups excluding carboxylic acids is 3. The first-order valence-corrected chi connectivity index (χ1v) is 17.1. The SMILES string of the molecule is N[C@@H](Cc1ccccc1)C(=O)N[C@H](Cc1c[nH]c2ccccc12)C(=O)N[C@H](Cc1csc2ccccc12)C(=O)N1CCC(C(=O)O)CC1. The molecular weight excluding hydrogens is 627 g/mol. The Balaban J connectivity index is 1.26. The number of fused-ring (bicyclic) bond motifs is 2. The summed E-state index contributed by atoms with van der Waals surface area (Å²) in [7, 11) is 0. The highest BCUT2D eigenvalue weighted by Gasteiger charge is 2.34. The first-order valence-electron chi connectivity index (χ1n) is 16.2. The van der Waals surface area contributed by atoms with Crippen LogP contribution in [0.4, 0.5) is 0 Å². The molecule has 3 aromatic carbocycles. The summed E-state index contributed by atoms with van der Waals surface area (Å²) in [5.74, 6) is -2.61. The van der Waals surface area contributed by atoms with Crippen molar-refractivity contribution in [2.45, 2.75) is 50.2 Å². The molecule has 3 atom stereocenters. The summed E-state index contributed by atoms with van der Waals surface area (Å²) >= 11 is 1.57. The van der Waals surface area contributed by atoms with Gasteiger partial charge in [-0.05, 0) is 58.9 Å². The molecule has 0 bridgehead atoms. The molecule has 48 heavy (non-hydrogen) atoms. The van der Waals surface area contributed by atoms with E-state index in [1.165, 1.54) is 0 Å². The summed E-state index contributed by atoms with van der Waals surface area (Å²) in [6, 6.07) is 22.2. The fraction of sp³-hybridized carbons (Fsp3) is 0.297. The molecule has 0 radical (unpaired) electrons. The minimum Gasteiger partial charge on any atom is -0.481 e. The normalized spacial score (nSPS) is 15.6. The zero-order chi connectivity index (χ0) is 33.6. The van der Waals surface area contributed by atoms with E-state index in [1.54, 1.807) is 16.2 Å². The smallest absolute Gasteiger partial charge is 0.306 e. The molecule has 3 amide bonds. The monoisotopic (exact) mass is 665 g/mol. The summed E-state index contributed by atoms with van der Waals surface area (Å²) in [5, 5.41) is 19.3. The predicted octanol–water partition coefficient (Wildman–Crippen LogP) is 4.03. The van der Waals surface area contributed by atoms with Gasteiger partial charge in [-0.25, -0.2) is 0 Å². The molecule has 0 spiro atoms. The number of likely N-dealkylation sites (tertiary alicyclic amines) is 1. The summed E-state index contributed by atoms with van der Waals surface area (Å²) in [4.78, 5) is 58.2. The van der Waals surface area contributed by atoms with E-state index in [-0.39, 0.29) is 31.8 Å². The van der Waals surface area contributed by atoms with Crippen LogP contribution < -0.4 is 16.4 Å². The van der Waals surface area contributed by atoms with Crippen LogP contribution in [-0.4, -0.2) is 69.9 Å². The molecule has 0 saturated carbocycles. The van der Waals surface area contributed by atoms with Crippen molar-refractivity contribution < 1.29 is 24.3 Å². The number of nitrogens with zero attached hydrogens (tertiary/aromatic N) is 1. The van der Waals surface area contributed by atoms with Crippen LogP contribution in [0.25, 0.3) is 21.0 Å². The quantitative estimate of drug-likeness (QED) is 0.135. The summed E-state index contributed by atoms with van der Waals surface area (Å²) < 4.78 is 1.07. The maximum Gasteiger partial charge on any atom is 0.306 e. The maximum absolute atomic E-state index is 14.2. The molecule has 6 rings (SSSR count). The summed E-state index contributed by atoms with van der Waals surface area (Å²) in [6.07, 6.45) is 3.24. The van der Waals surface area contributed by atoms with Crippen LogP contribution >= 0.6 is 11.3 Å². The average molecular weight is 666 g/mol. The first-order chi connectivity index (χ1) is 23.3. The zero-order valence-electron chi connectivity index (χ0n) is 26.4. The Bertz CT molecular complexity index is 1910. The van der Waals surface area contributed by atoms with E-state index in [0.29, 0.717) is 19.3 Å². The van der Waals surface area contributed by atoms with Gasteiger partial charge in [-0.15, -0.1) is 11.3 Å². The average Bonchev–Trinajstić information content (AvgIpc) is 3.71. The third-order valence-electron chi connectivity index (χ3n) is 9.12. The van der Waals surface area contributed by atoms with Gasteiger partial charge in [0.15, 0.2) is 0 Å². The number of carboxylic acids is 1. The van der Waals surface area contributed by atoms with Crippen molar-refractivity contribution in [3.63, 3.8) is 0 Å². The van der Waals surface area contributed by atoms with Crippen LogP contribution in [-0.2, 0) is 38.4 Å². The lowest BCUT2D eigenvalue weighted by Crippen LogP contribution is -2.58. The maximum atomic E-state index is 14.2. The van der Waals surface area contributed by atoms with E-state index in [4.69, 9.17) is 5.73 Å². The number of piperidine rings is 1. The molecule has 248 valence electrons. The molecule has 1 aliphatic rings. The molecule has 5 aromatic rings. The second-order valence-electron chi connectivity index (χ2n) is 12.4. The van der Waals surface area contributed by atoms with E-state index in [1.807, 2.05) is 90.4 Å². The van der Waals surface area contributed by atoms with Gasteiger partial charge in [-0.1, -0.05) is 66.7 Å². The number of H-pyrrole nitrogens is 1. The standard InChI is InChI=1S/C37H39N5O5S/c38-29(18-23-8-2-1-3-9-23)34(43)40-31(19-25-21-39-30-12-6-4-10-27(25)30)35(44)41-32(20-26-22-48-33-13-7-5-11-28(26)33)36(45)42-16-14-24(15-17-42)37(46)47/h1-13,21-22,24,29,31-32,39H,14-20,38H2,(H,40,43)(H,41,44)(H,46,47)/t29-,31+,32+/m0/s1. The Morgan fingerprint density at radius 3 is 2.21 bits per heavy atom. The number of thiophene rings is 1. The van der Waals surface area contributed by atoms with Crippen LogP contribution in [0.2, 0.25) is 0 Å². The Morgan fingerprint density at radius 2 is 1.46 bits per heavy atom. The lowest BCUT2D eigenvalue weighted by Gasteiger charge is -2.33. The lowest BCUT2D eigenvalue weighted by atomic mass is 9.95. The number of benzene rings is 3. The number of hydrogen-bond donors (Lipinski definition) is 5. The van der Waals surface area contributed by atoms with Gasteiger partial charge in [-0.2, -0.15) is 0 Å². The van der Waals surface area contributed by atoms with Crippen LogP contribution in [0.3, 0.4) is 0 Å². The molecule has 11 heteroatoms. The van der Waals surface area contributed by atoms with E-state index in [2.05, 4.69) is 15.6 Å². The van der Waals surface area contributed by atoms with E-state index >= 15 is 0 Å². The Morgan fingerprint density at radius 1 is 0.812 bits per heavy atom.